The summed E-state index contributed by atoms with van der Waals surface area (Å²) in [4.78, 5) is 22.6. The lowest BCUT2D eigenvalue weighted by atomic mass is 10.1. The van der Waals surface area contributed by atoms with Gasteiger partial charge in [0.1, 0.15) is 5.58 Å². The largest absolute Gasteiger partial charge is 0.460 e. The molecule has 0 bridgehead atoms. The predicted molar refractivity (Wildman–Crippen MR) is 60.7 cm³/mol. The molecule has 17 heavy (non-hydrogen) atoms. The molecule has 0 unspecified atom stereocenters. The van der Waals surface area contributed by atoms with Crippen LogP contribution in [0.3, 0.4) is 0 Å². The molecule has 0 atom stereocenters. The smallest absolute Gasteiger partial charge is 0.374 e. The van der Waals surface area contributed by atoms with E-state index < -0.39 is 11.9 Å². The van der Waals surface area contributed by atoms with Crippen LogP contribution in [0.25, 0.3) is 11.0 Å². The molecule has 5 nitrogen and oxygen atoms in total. The van der Waals surface area contributed by atoms with Crippen molar-refractivity contribution in [2.45, 2.75) is 6.92 Å². The summed E-state index contributed by atoms with van der Waals surface area (Å²) in [7, 11) is 0. The minimum atomic E-state index is -0.597. The Labute approximate surface area is 97.1 Å². The van der Waals surface area contributed by atoms with Crippen LogP contribution in [0.1, 0.15) is 27.8 Å². The van der Waals surface area contributed by atoms with Crippen LogP contribution in [-0.4, -0.2) is 18.5 Å². The number of primary amides is 1. The van der Waals surface area contributed by atoms with Gasteiger partial charge in [0.2, 0.25) is 5.76 Å². The van der Waals surface area contributed by atoms with E-state index in [1.54, 1.807) is 25.1 Å². The van der Waals surface area contributed by atoms with E-state index in [9.17, 15) is 9.59 Å². The standard InChI is InChI=1S/C12H11NO4/c1-2-16-12(15)9-6-7-4-3-5-8(11(13)14)10(7)17-9/h3-6H,2H2,1H3,(H2,13,14). The van der Waals surface area contributed by atoms with Crippen molar-refractivity contribution >= 4 is 22.8 Å². The quantitative estimate of drug-likeness (QED) is 0.818. The van der Waals surface area contributed by atoms with Gasteiger partial charge in [-0.15, -0.1) is 0 Å². The van der Waals surface area contributed by atoms with Gasteiger partial charge >= 0.3 is 5.97 Å². The number of hydrogen-bond acceptors (Lipinski definition) is 4. The van der Waals surface area contributed by atoms with Crippen molar-refractivity contribution in [3.8, 4) is 0 Å². The third-order valence-electron chi connectivity index (χ3n) is 2.29. The van der Waals surface area contributed by atoms with E-state index in [0.29, 0.717) is 11.0 Å². The molecule has 0 saturated heterocycles. The van der Waals surface area contributed by atoms with Crippen LogP contribution in [0.2, 0.25) is 0 Å². The first-order valence-electron chi connectivity index (χ1n) is 5.13. The molecule has 0 aliphatic heterocycles. The van der Waals surface area contributed by atoms with Crippen LogP contribution in [0, 0.1) is 0 Å². The summed E-state index contributed by atoms with van der Waals surface area (Å²) in [6.45, 7) is 1.97. The average Bonchev–Trinajstić information content (AvgIpc) is 2.72. The van der Waals surface area contributed by atoms with Gasteiger partial charge in [0, 0.05) is 5.39 Å². The molecule has 0 aliphatic carbocycles. The van der Waals surface area contributed by atoms with Crippen molar-refractivity contribution in [2.24, 2.45) is 5.73 Å². The molecule has 0 radical (unpaired) electrons. The monoisotopic (exact) mass is 233 g/mol. The van der Waals surface area contributed by atoms with Crippen molar-refractivity contribution in [1.29, 1.82) is 0 Å². The first-order chi connectivity index (χ1) is 8.13. The Hall–Kier alpha value is -2.30. The maximum atomic E-state index is 11.5. The molecule has 1 aromatic carbocycles. The predicted octanol–water partition coefficient (Wildman–Crippen LogP) is 1.71. The molecule has 0 fully saturated rings. The van der Waals surface area contributed by atoms with Gasteiger partial charge in [0.05, 0.1) is 12.2 Å². The van der Waals surface area contributed by atoms with Crippen LogP contribution >= 0.6 is 0 Å². The van der Waals surface area contributed by atoms with Gasteiger partial charge in [-0.2, -0.15) is 0 Å². The lowest BCUT2D eigenvalue weighted by molar-refractivity contribution is 0.0492. The van der Waals surface area contributed by atoms with Gasteiger partial charge in [-0.05, 0) is 19.1 Å². The number of carbonyl (C=O) groups is 2. The molecule has 2 aromatic rings. The van der Waals surface area contributed by atoms with Gasteiger partial charge in [0.25, 0.3) is 5.91 Å². The molecule has 2 rings (SSSR count). The number of nitrogens with two attached hydrogens (primary N) is 1. The summed E-state index contributed by atoms with van der Waals surface area (Å²) >= 11 is 0. The molecule has 2 N–H and O–H groups in total. The fraction of sp³-hybridized carbons (Fsp3) is 0.167. The number of benzene rings is 1. The number of hydrogen-bond donors (Lipinski definition) is 1. The Morgan fingerprint density at radius 1 is 1.41 bits per heavy atom. The second-order valence-electron chi connectivity index (χ2n) is 3.42. The summed E-state index contributed by atoms with van der Waals surface area (Å²) in [5, 5.41) is 0.643. The summed E-state index contributed by atoms with van der Waals surface area (Å²) in [5.74, 6) is -1.09. The number of furan rings is 1. The van der Waals surface area contributed by atoms with Gasteiger partial charge in [-0.25, -0.2) is 4.79 Å². The lowest BCUT2D eigenvalue weighted by Crippen LogP contribution is -2.10. The number of carbonyl (C=O) groups excluding carboxylic acids is 2. The first kappa shape index (κ1) is 11.2. The Kier molecular flexibility index (Phi) is 2.82. The third kappa shape index (κ3) is 1.99. The highest BCUT2D eigenvalue weighted by Gasteiger charge is 2.16. The zero-order valence-corrected chi connectivity index (χ0v) is 9.23. The Morgan fingerprint density at radius 3 is 2.82 bits per heavy atom. The highest BCUT2D eigenvalue weighted by atomic mass is 16.5. The van der Waals surface area contributed by atoms with E-state index >= 15 is 0 Å². The van der Waals surface area contributed by atoms with Crippen LogP contribution in [-0.2, 0) is 4.74 Å². The molecular weight excluding hydrogens is 222 g/mol. The fourth-order valence-corrected chi connectivity index (χ4v) is 1.56. The van der Waals surface area contributed by atoms with Crippen molar-refractivity contribution in [2.75, 3.05) is 6.61 Å². The number of amides is 1. The summed E-state index contributed by atoms with van der Waals surface area (Å²) in [5.41, 5.74) is 5.77. The van der Waals surface area contributed by atoms with E-state index in [0.717, 1.165) is 0 Å². The van der Waals surface area contributed by atoms with E-state index in [2.05, 4.69) is 0 Å². The first-order valence-corrected chi connectivity index (χ1v) is 5.13. The molecule has 0 aliphatic rings. The van der Waals surface area contributed by atoms with Gasteiger partial charge in [-0.1, -0.05) is 12.1 Å². The zero-order valence-electron chi connectivity index (χ0n) is 9.23. The lowest BCUT2D eigenvalue weighted by Gasteiger charge is -1.97. The molecule has 1 heterocycles. The van der Waals surface area contributed by atoms with Crippen LogP contribution in [0.5, 0.6) is 0 Å². The minimum Gasteiger partial charge on any atom is -0.460 e. The van der Waals surface area contributed by atoms with Crippen molar-refractivity contribution < 1.29 is 18.7 Å². The third-order valence-corrected chi connectivity index (χ3v) is 2.29. The van der Waals surface area contributed by atoms with Gasteiger partial charge in [0.15, 0.2) is 0 Å². The van der Waals surface area contributed by atoms with Crippen LogP contribution < -0.4 is 5.73 Å². The number of para-hydroxylation sites is 1. The molecule has 1 amide bonds. The average molecular weight is 233 g/mol. The highest BCUT2D eigenvalue weighted by molar-refractivity contribution is 6.05. The van der Waals surface area contributed by atoms with Crippen molar-refractivity contribution in [3.05, 3.63) is 35.6 Å². The van der Waals surface area contributed by atoms with Crippen LogP contribution in [0.4, 0.5) is 0 Å². The second kappa shape index (κ2) is 4.29. The summed E-state index contributed by atoms with van der Waals surface area (Å²) < 4.78 is 10.1. The number of esters is 1. The highest BCUT2D eigenvalue weighted by Crippen LogP contribution is 2.23. The normalized spacial score (nSPS) is 10.4. The Morgan fingerprint density at radius 2 is 2.18 bits per heavy atom. The van der Waals surface area contributed by atoms with Crippen LogP contribution in [0.15, 0.2) is 28.7 Å². The van der Waals surface area contributed by atoms with E-state index in [4.69, 9.17) is 14.9 Å². The van der Waals surface area contributed by atoms with Gasteiger partial charge in [-0.3, -0.25) is 4.79 Å². The topological polar surface area (TPSA) is 82.5 Å². The number of fused-ring (bicyclic) bond motifs is 1. The zero-order chi connectivity index (χ0) is 12.4. The SMILES string of the molecule is CCOC(=O)c1cc2cccc(C(N)=O)c2o1. The number of rotatable bonds is 3. The fourth-order valence-electron chi connectivity index (χ4n) is 1.56. The molecule has 0 saturated carbocycles. The molecular formula is C12H11NO4. The van der Waals surface area contributed by atoms with Crippen molar-refractivity contribution in [3.63, 3.8) is 0 Å². The maximum absolute atomic E-state index is 11.5. The maximum Gasteiger partial charge on any atom is 0.374 e. The molecule has 0 spiro atoms. The van der Waals surface area contributed by atoms with Crippen molar-refractivity contribution in [1.82, 2.24) is 0 Å². The number of ether oxygens (including phenoxy) is 1. The van der Waals surface area contributed by atoms with E-state index in [-0.39, 0.29) is 17.9 Å². The Balaban J connectivity index is 2.54. The molecule has 1 aromatic heterocycles. The molecule has 5 heteroatoms. The van der Waals surface area contributed by atoms with E-state index in [1.807, 2.05) is 0 Å². The second-order valence-corrected chi connectivity index (χ2v) is 3.42. The Bertz CT molecular complexity index is 585. The van der Waals surface area contributed by atoms with Gasteiger partial charge < -0.3 is 14.9 Å². The van der Waals surface area contributed by atoms with E-state index in [1.165, 1.54) is 6.07 Å². The molecule has 88 valence electrons. The summed E-state index contributed by atoms with van der Waals surface area (Å²) in [6.07, 6.45) is 0. The summed E-state index contributed by atoms with van der Waals surface area (Å²) in [6, 6.07) is 6.48. The minimum absolute atomic E-state index is 0.0653.